The van der Waals surface area contributed by atoms with Crippen LogP contribution in [0.25, 0.3) is 0 Å². The highest BCUT2D eigenvalue weighted by molar-refractivity contribution is 5.92. The number of hydrogen-bond acceptors (Lipinski definition) is 2. The Balaban J connectivity index is 1.97. The summed E-state index contributed by atoms with van der Waals surface area (Å²) in [5, 5.41) is 5.18. The molecular formula is C18H18F3N3O2. The summed E-state index contributed by atoms with van der Waals surface area (Å²) in [6.45, 7) is 1.37. The molecule has 2 aromatic carbocycles. The number of halogens is 3. The van der Waals surface area contributed by atoms with E-state index in [9.17, 15) is 22.8 Å². The van der Waals surface area contributed by atoms with Gasteiger partial charge in [-0.25, -0.2) is 4.79 Å². The normalized spacial score (nSPS) is 10.9. The van der Waals surface area contributed by atoms with Gasteiger partial charge in [-0.1, -0.05) is 24.3 Å². The summed E-state index contributed by atoms with van der Waals surface area (Å²) in [6.07, 6.45) is -4.49. The van der Waals surface area contributed by atoms with Gasteiger partial charge in [-0.05, 0) is 30.3 Å². The Labute approximate surface area is 148 Å². The highest BCUT2D eigenvalue weighted by Crippen LogP contribution is 2.31. The zero-order chi connectivity index (χ0) is 19.2. The molecule has 26 heavy (non-hydrogen) atoms. The zero-order valence-electron chi connectivity index (χ0n) is 14.0. The van der Waals surface area contributed by atoms with Crippen molar-refractivity contribution in [3.8, 4) is 0 Å². The van der Waals surface area contributed by atoms with Gasteiger partial charge in [-0.3, -0.25) is 4.79 Å². The molecule has 0 aromatic heterocycles. The first-order valence-electron chi connectivity index (χ1n) is 7.82. The minimum atomic E-state index is -4.49. The van der Waals surface area contributed by atoms with Gasteiger partial charge in [-0.15, -0.1) is 0 Å². The molecule has 2 aromatic rings. The standard InChI is InChI=1S/C18H18F3N3O2/c1-13(25)24(16-9-5-6-14(12-16)18(19,20)21)11-10-22-17(26)23-15-7-3-2-4-8-15/h2-9,12H,10-11H2,1H3,(H2,22,23,26). The number of nitrogens with zero attached hydrogens (tertiary/aromatic N) is 1. The number of anilines is 2. The van der Waals surface area contributed by atoms with Crippen LogP contribution in [0.15, 0.2) is 54.6 Å². The summed E-state index contributed by atoms with van der Waals surface area (Å²) < 4.78 is 38.5. The van der Waals surface area contributed by atoms with E-state index in [1.54, 1.807) is 24.3 Å². The summed E-state index contributed by atoms with van der Waals surface area (Å²) in [6, 6.07) is 12.8. The maximum atomic E-state index is 12.8. The average molecular weight is 365 g/mol. The Morgan fingerprint density at radius 2 is 1.73 bits per heavy atom. The van der Waals surface area contributed by atoms with Crippen LogP contribution >= 0.6 is 0 Å². The lowest BCUT2D eigenvalue weighted by Crippen LogP contribution is -2.39. The van der Waals surface area contributed by atoms with Crippen molar-refractivity contribution in [3.05, 3.63) is 60.2 Å². The van der Waals surface area contributed by atoms with Crippen LogP contribution in [0.4, 0.5) is 29.3 Å². The monoisotopic (exact) mass is 365 g/mol. The summed E-state index contributed by atoms with van der Waals surface area (Å²) >= 11 is 0. The van der Waals surface area contributed by atoms with Crippen LogP contribution in [0.1, 0.15) is 12.5 Å². The zero-order valence-corrected chi connectivity index (χ0v) is 14.0. The van der Waals surface area contributed by atoms with E-state index in [-0.39, 0.29) is 18.8 Å². The van der Waals surface area contributed by atoms with Crippen LogP contribution in [0, 0.1) is 0 Å². The van der Waals surface area contributed by atoms with E-state index >= 15 is 0 Å². The van der Waals surface area contributed by atoms with Crippen LogP contribution in [-0.4, -0.2) is 25.0 Å². The van der Waals surface area contributed by atoms with Gasteiger partial charge in [0.1, 0.15) is 0 Å². The Morgan fingerprint density at radius 3 is 2.35 bits per heavy atom. The van der Waals surface area contributed by atoms with E-state index in [0.717, 1.165) is 12.1 Å². The third-order valence-electron chi connectivity index (χ3n) is 3.52. The summed E-state index contributed by atoms with van der Waals surface area (Å²) in [7, 11) is 0. The number of nitrogens with one attached hydrogen (secondary N) is 2. The second-order valence-corrected chi connectivity index (χ2v) is 5.47. The Morgan fingerprint density at radius 1 is 1.04 bits per heavy atom. The van der Waals surface area contributed by atoms with Crippen molar-refractivity contribution in [2.24, 2.45) is 0 Å². The van der Waals surface area contributed by atoms with Gasteiger partial charge in [0, 0.05) is 31.4 Å². The lowest BCUT2D eigenvalue weighted by molar-refractivity contribution is -0.137. The van der Waals surface area contributed by atoms with E-state index in [2.05, 4.69) is 10.6 Å². The molecular weight excluding hydrogens is 347 g/mol. The van der Waals surface area contributed by atoms with E-state index in [4.69, 9.17) is 0 Å². The molecule has 3 amide bonds. The van der Waals surface area contributed by atoms with Crippen molar-refractivity contribution in [3.63, 3.8) is 0 Å². The average Bonchev–Trinajstić information content (AvgIpc) is 2.58. The van der Waals surface area contributed by atoms with Crippen molar-refractivity contribution < 1.29 is 22.8 Å². The van der Waals surface area contributed by atoms with Crippen LogP contribution < -0.4 is 15.5 Å². The van der Waals surface area contributed by atoms with Crippen molar-refractivity contribution in [1.29, 1.82) is 0 Å². The van der Waals surface area contributed by atoms with Gasteiger partial charge in [0.25, 0.3) is 0 Å². The molecule has 5 nitrogen and oxygen atoms in total. The van der Waals surface area contributed by atoms with Gasteiger partial charge >= 0.3 is 12.2 Å². The molecule has 0 fully saturated rings. The van der Waals surface area contributed by atoms with Crippen LogP contribution in [0.3, 0.4) is 0 Å². The highest BCUT2D eigenvalue weighted by atomic mass is 19.4. The minimum absolute atomic E-state index is 0.0405. The Bertz CT molecular complexity index is 764. The minimum Gasteiger partial charge on any atom is -0.336 e. The molecule has 0 heterocycles. The van der Waals surface area contributed by atoms with Gasteiger partial charge in [0.05, 0.1) is 5.56 Å². The molecule has 0 aliphatic rings. The third-order valence-corrected chi connectivity index (χ3v) is 3.52. The number of carbonyl (C=O) groups excluding carboxylic acids is 2. The van der Waals surface area contributed by atoms with Gasteiger partial charge < -0.3 is 15.5 Å². The summed E-state index contributed by atoms with van der Waals surface area (Å²) in [4.78, 5) is 24.8. The fourth-order valence-electron chi connectivity index (χ4n) is 2.30. The molecule has 0 bridgehead atoms. The lowest BCUT2D eigenvalue weighted by atomic mass is 10.2. The second kappa shape index (κ2) is 8.37. The van der Waals surface area contributed by atoms with Crippen molar-refractivity contribution in [1.82, 2.24) is 5.32 Å². The quantitative estimate of drug-likeness (QED) is 0.845. The molecule has 0 aliphatic carbocycles. The van der Waals surface area contributed by atoms with Crippen molar-refractivity contribution in [2.75, 3.05) is 23.3 Å². The SMILES string of the molecule is CC(=O)N(CCNC(=O)Nc1ccccc1)c1cccc(C(F)(F)F)c1. The summed E-state index contributed by atoms with van der Waals surface area (Å²) in [5.74, 6) is -0.422. The summed E-state index contributed by atoms with van der Waals surface area (Å²) in [5.41, 5.74) is -0.111. The maximum Gasteiger partial charge on any atom is 0.416 e. The number of urea groups is 1. The number of carbonyl (C=O) groups is 2. The third kappa shape index (κ3) is 5.51. The molecule has 138 valence electrons. The molecule has 0 aliphatic heterocycles. The molecule has 0 unspecified atom stereocenters. The topological polar surface area (TPSA) is 61.4 Å². The maximum absolute atomic E-state index is 12.8. The fraction of sp³-hybridized carbons (Fsp3) is 0.222. The number of amides is 3. The first kappa shape index (κ1) is 19.3. The number of alkyl halides is 3. The number of benzene rings is 2. The molecule has 0 radical (unpaired) electrons. The lowest BCUT2D eigenvalue weighted by Gasteiger charge is -2.22. The first-order valence-corrected chi connectivity index (χ1v) is 7.82. The largest absolute Gasteiger partial charge is 0.416 e. The fourth-order valence-corrected chi connectivity index (χ4v) is 2.30. The van der Waals surface area contributed by atoms with Gasteiger partial charge in [0.15, 0.2) is 0 Å². The molecule has 2 N–H and O–H groups in total. The molecule has 0 saturated carbocycles. The Hall–Kier alpha value is -3.03. The Kier molecular flexibility index (Phi) is 6.21. The van der Waals surface area contributed by atoms with Crippen molar-refractivity contribution in [2.45, 2.75) is 13.1 Å². The predicted octanol–water partition coefficient (Wildman–Crippen LogP) is 3.88. The highest BCUT2D eigenvalue weighted by Gasteiger charge is 2.31. The van der Waals surface area contributed by atoms with E-state index in [0.29, 0.717) is 5.69 Å². The van der Waals surface area contributed by atoms with Gasteiger partial charge in [0.2, 0.25) is 5.91 Å². The molecule has 0 saturated heterocycles. The molecule has 2 rings (SSSR count). The number of hydrogen-bond donors (Lipinski definition) is 2. The van der Waals surface area contributed by atoms with Crippen LogP contribution in [-0.2, 0) is 11.0 Å². The molecule has 8 heteroatoms. The van der Waals surface area contributed by atoms with E-state index in [1.165, 1.54) is 24.0 Å². The smallest absolute Gasteiger partial charge is 0.336 e. The van der Waals surface area contributed by atoms with Gasteiger partial charge in [-0.2, -0.15) is 13.2 Å². The molecule has 0 atom stereocenters. The second-order valence-electron chi connectivity index (χ2n) is 5.47. The number of rotatable bonds is 5. The van der Waals surface area contributed by atoms with E-state index < -0.39 is 23.7 Å². The van der Waals surface area contributed by atoms with E-state index in [1.807, 2.05) is 6.07 Å². The first-order chi connectivity index (χ1) is 12.3. The van der Waals surface area contributed by atoms with Crippen molar-refractivity contribution >= 4 is 23.3 Å². The van der Waals surface area contributed by atoms with Crippen LogP contribution in [0.5, 0.6) is 0 Å². The molecule has 0 spiro atoms. The van der Waals surface area contributed by atoms with Crippen LogP contribution in [0.2, 0.25) is 0 Å². The predicted molar refractivity (Wildman–Crippen MR) is 92.9 cm³/mol. The number of para-hydroxylation sites is 1.